The van der Waals surface area contributed by atoms with Crippen LogP contribution >= 0.6 is 0 Å². The van der Waals surface area contributed by atoms with Gasteiger partial charge in [-0.05, 0) is 25.1 Å². The second-order valence-corrected chi connectivity index (χ2v) is 3.75. The summed E-state index contributed by atoms with van der Waals surface area (Å²) in [6.07, 6.45) is 0.436. The number of rotatable bonds is 5. The van der Waals surface area contributed by atoms with E-state index in [0.717, 1.165) is 12.2 Å². The fourth-order valence-corrected chi connectivity index (χ4v) is 1.68. The number of nitrogen functional groups attached to an aromatic ring is 1. The second-order valence-electron chi connectivity index (χ2n) is 3.75. The van der Waals surface area contributed by atoms with Crippen LogP contribution in [0.2, 0.25) is 0 Å². The van der Waals surface area contributed by atoms with Crippen molar-refractivity contribution in [2.45, 2.75) is 13.3 Å². The molecule has 0 aromatic heterocycles. The minimum Gasteiger partial charge on any atom is -0.465 e. The minimum absolute atomic E-state index is 0.352. The van der Waals surface area contributed by atoms with Crippen molar-refractivity contribution < 1.29 is 9.53 Å². The molecule has 2 N–H and O–H groups in total. The fourth-order valence-electron chi connectivity index (χ4n) is 1.68. The van der Waals surface area contributed by atoms with Crippen LogP contribution < -0.4 is 10.6 Å². The van der Waals surface area contributed by atoms with E-state index in [-0.39, 0.29) is 0 Å². The number of nitriles is 1. The van der Waals surface area contributed by atoms with Crippen LogP contribution in [0.15, 0.2) is 18.2 Å². The standard InChI is InChI=1S/C13H17N3O2/c1-3-16(8-4-7-14)10-5-6-12(15)11(9-10)13(17)18-2/h5-6,9H,3-4,8,15H2,1-2H3. The number of ether oxygens (including phenoxy) is 1. The topological polar surface area (TPSA) is 79.4 Å². The molecule has 0 aliphatic carbocycles. The van der Waals surface area contributed by atoms with E-state index < -0.39 is 5.97 Å². The number of anilines is 2. The van der Waals surface area contributed by atoms with Crippen molar-refractivity contribution in [2.24, 2.45) is 0 Å². The third-order valence-corrected chi connectivity index (χ3v) is 2.68. The molecule has 1 aromatic carbocycles. The van der Waals surface area contributed by atoms with Gasteiger partial charge in [0, 0.05) is 24.5 Å². The van der Waals surface area contributed by atoms with E-state index >= 15 is 0 Å². The molecule has 0 amide bonds. The van der Waals surface area contributed by atoms with Crippen LogP contribution in [0.4, 0.5) is 11.4 Å². The van der Waals surface area contributed by atoms with Gasteiger partial charge in [-0.3, -0.25) is 0 Å². The zero-order valence-electron chi connectivity index (χ0n) is 10.6. The summed E-state index contributed by atoms with van der Waals surface area (Å²) in [4.78, 5) is 13.5. The summed E-state index contributed by atoms with van der Waals surface area (Å²) in [5.41, 5.74) is 7.34. The van der Waals surface area contributed by atoms with E-state index in [2.05, 4.69) is 10.8 Å². The minimum atomic E-state index is -0.453. The summed E-state index contributed by atoms with van der Waals surface area (Å²) in [6, 6.07) is 7.31. The molecule has 0 unspecified atom stereocenters. The van der Waals surface area contributed by atoms with Crippen molar-refractivity contribution in [2.75, 3.05) is 30.8 Å². The van der Waals surface area contributed by atoms with Gasteiger partial charge in [0.25, 0.3) is 0 Å². The quantitative estimate of drug-likeness (QED) is 0.634. The van der Waals surface area contributed by atoms with Gasteiger partial charge in [-0.1, -0.05) is 0 Å². The van der Waals surface area contributed by atoms with E-state index in [1.165, 1.54) is 7.11 Å². The van der Waals surface area contributed by atoms with E-state index in [1.54, 1.807) is 12.1 Å². The van der Waals surface area contributed by atoms with Crippen LogP contribution in [0, 0.1) is 11.3 Å². The Hall–Kier alpha value is -2.22. The summed E-state index contributed by atoms with van der Waals surface area (Å²) in [7, 11) is 1.32. The molecule has 0 atom stereocenters. The summed E-state index contributed by atoms with van der Waals surface area (Å²) < 4.78 is 4.68. The highest BCUT2D eigenvalue weighted by Gasteiger charge is 2.13. The van der Waals surface area contributed by atoms with E-state index in [0.29, 0.717) is 24.2 Å². The zero-order chi connectivity index (χ0) is 13.5. The Labute approximate surface area is 107 Å². The molecule has 18 heavy (non-hydrogen) atoms. The Morgan fingerprint density at radius 2 is 2.28 bits per heavy atom. The van der Waals surface area contributed by atoms with Crippen molar-refractivity contribution in [3.8, 4) is 6.07 Å². The van der Waals surface area contributed by atoms with Gasteiger partial charge in [0.2, 0.25) is 0 Å². The molecule has 0 aliphatic heterocycles. The van der Waals surface area contributed by atoms with Crippen molar-refractivity contribution in [3.63, 3.8) is 0 Å². The molecular formula is C13H17N3O2. The maximum atomic E-state index is 11.5. The molecule has 5 nitrogen and oxygen atoms in total. The maximum absolute atomic E-state index is 11.5. The molecule has 96 valence electrons. The summed E-state index contributed by atoms with van der Waals surface area (Å²) in [5.74, 6) is -0.453. The van der Waals surface area contributed by atoms with Crippen LogP contribution in [0.1, 0.15) is 23.7 Å². The van der Waals surface area contributed by atoms with E-state index in [4.69, 9.17) is 11.0 Å². The van der Waals surface area contributed by atoms with Gasteiger partial charge in [-0.15, -0.1) is 0 Å². The molecular weight excluding hydrogens is 230 g/mol. The number of carbonyl (C=O) groups is 1. The number of hydrogen-bond acceptors (Lipinski definition) is 5. The third kappa shape index (κ3) is 3.14. The van der Waals surface area contributed by atoms with Gasteiger partial charge in [0.05, 0.1) is 25.2 Å². The van der Waals surface area contributed by atoms with E-state index in [1.807, 2.05) is 17.9 Å². The Kier molecular flexibility index (Phi) is 5.00. The molecule has 0 heterocycles. The van der Waals surface area contributed by atoms with Gasteiger partial charge in [0.15, 0.2) is 0 Å². The highest BCUT2D eigenvalue weighted by Crippen LogP contribution is 2.22. The molecule has 0 saturated heterocycles. The van der Waals surface area contributed by atoms with Gasteiger partial charge >= 0.3 is 5.97 Å². The molecule has 0 saturated carbocycles. The van der Waals surface area contributed by atoms with Crippen LogP contribution in [0.3, 0.4) is 0 Å². The first kappa shape index (κ1) is 13.8. The summed E-state index contributed by atoms with van der Waals surface area (Å²) >= 11 is 0. The Morgan fingerprint density at radius 1 is 1.56 bits per heavy atom. The van der Waals surface area contributed by atoms with Crippen molar-refractivity contribution in [1.29, 1.82) is 5.26 Å². The smallest absolute Gasteiger partial charge is 0.340 e. The highest BCUT2D eigenvalue weighted by atomic mass is 16.5. The summed E-state index contributed by atoms with van der Waals surface area (Å²) in [5, 5.41) is 8.61. The van der Waals surface area contributed by atoms with Gasteiger partial charge in [0.1, 0.15) is 0 Å². The lowest BCUT2D eigenvalue weighted by Gasteiger charge is -2.22. The second kappa shape index (κ2) is 6.50. The highest BCUT2D eigenvalue weighted by molar-refractivity contribution is 5.96. The lowest BCUT2D eigenvalue weighted by atomic mass is 10.1. The predicted molar refractivity (Wildman–Crippen MR) is 70.3 cm³/mol. The molecule has 0 aliphatic rings. The van der Waals surface area contributed by atoms with Crippen LogP contribution in [0.5, 0.6) is 0 Å². The number of nitrogens with zero attached hydrogens (tertiary/aromatic N) is 2. The van der Waals surface area contributed by atoms with Gasteiger partial charge in [-0.2, -0.15) is 5.26 Å². The van der Waals surface area contributed by atoms with Crippen LogP contribution in [-0.4, -0.2) is 26.2 Å². The van der Waals surface area contributed by atoms with E-state index in [9.17, 15) is 4.79 Å². The first-order valence-electron chi connectivity index (χ1n) is 5.73. The maximum Gasteiger partial charge on any atom is 0.340 e. The zero-order valence-corrected chi connectivity index (χ0v) is 10.6. The number of carbonyl (C=O) groups excluding carboxylic acids is 1. The first-order chi connectivity index (χ1) is 8.63. The Balaban J connectivity index is 3.02. The number of nitrogens with two attached hydrogens (primary N) is 1. The number of hydrogen-bond donors (Lipinski definition) is 1. The van der Waals surface area contributed by atoms with Crippen LogP contribution in [0.25, 0.3) is 0 Å². The van der Waals surface area contributed by atoms with Crippen molar-refractivity contribution in [1.82, 2.24) is 0 Å². The average Bonchev–Trinajstić information content (AvgIpc) is 2.40. The average molecular weight is 247 g/mol. The lowest BCUT2D eigenvalue weighted by molar-refractivity contribution is 0.0602. The monoisotopic (exact) mass is 247 g/mol. The van der Waals surface area contributed by atoms with Crippen molar-refractivity contribution >= 4 is 17.3 Å². The normalized spacial score (nSPS) is 9.61. The van der Waals surface area contributed by atoms with Gasteiger partial charge < -0.3 is 15.4 Å². The van der Waals surface area contributed by atoms with Crippen molar-refractivity contribution in [3.05, 3.63) is 23.8 Å². The largest absolute Gasteiger partial charge is 0.465 e. The third-order valence-electron chi connectivity index (χ3n) is 2.68. The Bertz CT molecular complexity index is 466. The molecule has 1 aromatic rings. The summed E-state index contributed by atoms with van der Waals surface area (Å²) in [6.45, 7) is 3.37. The molecule has 0 radical (unpaired) electrons. The predicted octanol–water partition coefficient (Wildman–Crippen LogP) is 1.80. The lowest BCUT2D eigenvalue weighted by Crippen LogP contribution is -2.24. The number of esters is 1. The molecule has 0 fully saturated rings. The molecule has 0 spiro atoms. The molecule has 5 heteroatoms. The first-order valence-corrected chi connectivity index (χ1v) is 5.73. The molecule has 0 bridgehead atoms. The fraction of sp³-hybridized carbons (Fsp3) is 0.385. The Morgan fingerprint density at radius 3 is 2.83 bits per heavy atom. The van der Waals surface area contributed by atoms with Gasteiger partial charge in [-0.25, -0.2) is 4.79 Å². The number of benzene rings is 1. The number of methoxy groups -OCH3 is 1. The SMILES string of the molecule is CCN(CCC#N)c1ccc(N)c(C(=O)OC)c1. The van der Waals surface area contributed by atoms with Crippen LogP contribution in [-0.2, 0) is 4.74 Å². The molecule has 1 rings (SSSR count).